The summed E-state index contributed by atoms with van der Waals surface area (Å²) in [5.41, 5.74) is 2.72. The summed E-state index contributed by atoms with van der Waals surface area (Å²) < 4.78 is 15.1. The molecule has 0 spiro atoms. The molecule has 0 atom stereocenters. The smallest absolute Gasteiger partial charge is 0.355 e. The fourth-order valence-electron chi connectivity index (χ4n) is 2.61. The van der Waals surface area contributed by atoms with Gasteiger partial charge in [0.15, 0.2) is 0 Å². The molecule has 132 valence electrons. The van der Waals surface area contributed by atoms with Gasteiger partial charge in [0.05, 0.1) is 26.9 Å². The Morgan fingerprint density at radius 1 is 0.920 bits per heavy atom. The number of ether oxygens (including phenoxy) is 3. The third-order valence-electron chi connectivity index (χ3n) is 3.86. The van der Waals surface area contributed by atoms with Crippen LogP contribution in [0.25, 0.3) is 0 Å². The molecular formula is C19H21NO5. The van der Waals surface area contributed by atoms with Crippen molar-refractivity contribution in [3.63, 3.8) is 0 Å². The van der Waals surface area contributed by atoms with Gasteiger partial charge in [0, 0.05) is 11.9 Å². The van der Waals surface area contributed by atoms with E-state index in [9.17, 15) is 9.59 Å². The molecule has 1 aliphatic rings. The van der Waals surface area contributed by atoms with Gasteiger partial charge in [-0.1, -0.05) is 6.08 Å². The van der Waals surface area contributed by atoms with Crippen LogP contribution in [0.15, 0.2) is 47.8 Å². The van der Waals surface area contributed by atoms with E-state index < -0.39 is 11.9 Å². The fourth-order valence-corrected chi connectivity index (χ4v) is 2.61. The molecule has 0 fully saturated rings. The summed E-state index contributed by atoms with van der Waals surface area (Å²) in [5, 5.41) is 0. The van der Waals surface area contributed by atoms with Crippen molar-refractivity contribution in [2.45, 2.75) is 13.8 Å². The highest BCUT2D eigenvalue weighted by molar-refractivity contribution is 6.05. The minimum Gasteiger partial charge on any atom is -0.496 e. The van der Waals surface area contributed by atoms with E-state index in [-0.39, 0.29) is 11.3 Å². The first-order valence-corrected chi connectivity index (χ1v) is 7.64. The zero-order valence-corrected chi connectivity index (χ0v) is 15.0. The van der Waals surface area contributed by atoms with Gasteiger partial charge in [-0.2, -0.15) is 0 Å². The second-order valence-corrected chi connectivity index (χ2v) is 5.42. The van der Waals surface area contributed by atoms with Crippen LogP contribution in [0.1, 0.15) is 11.1 Å². The zero-order chi connectivity index (χ0) is 18.6. The Morgan fingerprint density at radius 3 is 2.20 bits per heavy atom. The van der Waals surface area contributed by atoms with Crippen LogP contribution in [-0.4, -0.2) is 33.3 Å². The lowest BCUT2D eigenvalue weighted by atomic mass is 10.1. The van der Waals surface area contributed by atoms with Gasteiger partial charge in [-0.15, -0.1) is 0 Å². The first kappa shape index (κ1) is 18.3. The second-order valence-electron chi connectivity index (χ2n) is 5.42. The number of anilines is 1. The molecule has 1 aliphatic heterocycles. The van der Waals surface area contributed by atoms with E-state index in [1.807, 2.05) is 26.0 Å². The first-order valence-electron chi connectivity index (χ1n) is 7.64. The number of aryl methyl sites for hydroxylation is 2. The number of benzene rings is 1. The van der Waals surface area contributed by atoms with E-state index in [1.165, 1.54) is 20.3 Å². The quantitative estimate of drug-likeness (QED) is 0.783. The monoisotopic (exact) mass is 343 g/mol. The van der Waals surface area contributed by atoms with Crippen molar-refractivity contribution in [3.8, 4) is 5.75 Å². The van der Waals surface area contributed by atoms with Crippen LogP contribution in [0.4, 0.5) is 5.69 Å². The van der Waals surface area contributed by atoms with Gasteiger partial charge in [0.25, 0.3) is 0 Å². The highest BCUT2D eigenvalue weighted by Gasteiger charge is 2.28. The number of carbonyl (C=O) groups excluding carboxylic acids is 2. The molecule has 0 amide bonds. The number of nitrogens with zero attached hydrogens (tertiary/aromatic N) is 1. The van der Waals surface area contributed by atoms with E-state index in [1.54, 1.807) is 30.4 Å². The molecule has 6 heteroatoms. The average molecular weight is 343 g/mol. The maximum absolute atomic E-state index is 12.4. The molecule has 0 radical (unpaired) electrons. The van der Waals surface area contributed by atoms with Crippen LogP contribution in [0, 0.1) is 13.8 Å². The van der Waals surface area contributed by atoms with E-state index in [2.05, 4.69) is 0 Å². The number of hydrogen-bond acceptors (Lipinski definition) is 6. The molecule has 0 bridgehead atoms. The van der Waals surface area contributed by atoms with E-state index in [0.29, 0.717) is 0 Å². The van der Waals surface area contributed by atoms with Crippen molar-refractivity contribution in [2.75, 3.05) is 26.2 Å². The van der Waals surface area contributed by atoms with Gasteiger partial charge in [-0.25, -0.2) is 9.59 Å². The van der Waals surface area contributed by atoms with Crippen LogP contribution < -0.4 is 9.64 Å². The highest BCUT2D eigenvalue weighted by Crippen LogP contribution is 2.33. The molecule has 2 rings (SSSR count). The Kier molecular flexibility index (Phi) is 5.64. The maximum Gasteiger partial charge on any atom is 0.355 e. The molecule has 25 heavy (non-hydrogen) atoms. The largest absolute Gasteiger partial charge is 0.496 e. The van der Waals surface area contributed by atoms with Gasteiger partial charge in [0.2, 0.25) is 0 Å². The van der Waals surface area contributed by atoms with Crippen molar-refractivity contribution in [3.05, 3.63) is 59.0 Å². The van der Waals surface area contributed by atoms with E-state index in [0.717, 1.165) is 22.6 Å². The summed E-state index contributed by atoms with van der Waals surface area (Å²) >= 11 is 0. The summed E-state index contributed by atoms with van der Waals surface area (Å²) in [6.07, 6.45) is 6.63. The third kappa shape index (κ3) is 3.57. The molecule has 0 N–H and O–H groups in total. The van der Waals surface area contributed by atoms with E-state index in [4.69, 9.17) is 14.2 Å². The highest BCUT2D eigenvalue weighted by atomic mass is 16.5. The van der Waals surface area contributed by atoms with Gasteiger partial charge in [-0.05, 0) is 49.3 Å². The SMILES string of the molecule is COC(=O)C1=C(C(=O)OC)N(c2cc(C)c(OC)cc2C)C=CC=C1. The fraction of sp³-hybridized carbons (Fsp3) is 0.263. The lowest BCUT2D eigenvalue weighted by molar-refractivity contribution is -0.139. The average Bonchev–Trinajstić information content (AvgIpc) is 2.84. The van der Waals surface area contributed by atoms with Gasteiger partial charge >= 0.3 is 11.9 Å². The molecule has 1 aromatic carbocycles. The van der Waals surface area contributed by atoms with Crippen molar-refractivity contribution in [2.24, 2.45) is 0 Å². The molecule has 0 aromatic heterocycles. The number of hydrogen-bond donors (Lipinski definition) is 0. The number of rotatable bonds is 4. The number of esters is 2. The number of carbonyl (C=O) groups is 2. The Morgan fingerprint density at radius 2 is 1.60 bits per heavy atom. The zero-order valence-electron chi connectivity index (χ0n) is 15.0. The molecule has 0 unspecified atom stereocenters. The molecule has 0 saturated heterocycles. The van der Waals surface area contributed by atoms with Gasteiger partial charge in [0.1, 0.15) is 11.4 Å². The van der Waals surface area contributed by atoms with Crippen molar-refractivity contribution in [1.29, 1.82) is 0 Å². The Balaban J connectivity index is 2.71. The summed E-state index contributed by atoms with van der Waals surface area (Å²) in [5.74, 6) is -0.507. The van der Waals surface area contributed by atoms with Crippen LogP contribution in [0.2, 0.25) is 0 Å². The van der Waals surface area contributed by atoms with E-state index >= 15 is 0 Å². The normalized spacial score (nSPS) is 13.6. The van der Waals surface area contributed by atoms with Crippen molar-refractivity contribution in [1.82, 2.24) is 0 Å². The molecular weight excluding hydrogens is 322 g/mol. The lowest BCUT2D eigenvalue weighted by Crippen LogP contribution is -2.27. The van der Waals surface area contributed by atoms with Gasteiger partial charge < -0.3 is 19.1 Å². The molecule has 0 aliphatic carbocycles. The van der Waals surface area contributed by atoms with Gasteiger partial charge in [-0.3, -0.25) is 0 Å². The lowest BCUT2D eigenvalue weighted by Gasteiger charge is -2.25. The summed E-state index contributed by atoms with van der Waals surface area (Å²) in [7, 11) is 4.14. The second kappa shape index (κ2) is 7.70. The standard InChI is InChI=1S/C19H21NO5/c1-12-11-16(23-3)13(2)10-15(12)20-9-7-6-8-14(18(21)24-4)17(20)19(22)25-5/h6-11H,1-5H3. The number of methoxy groups -OCH3 is 3. The van der Waals surface area contributed by atoms with Crippen molar-refractivity contribution < 1.29 is 23.8 Å². The summed E-state index contributed by atoms with van der Waals surface area (Å²) in [4.78, 5) is 26.2. The Bertz CT molecular complexity index is 789. The Labute approximate surface area is 147 Å². The van der Waals surface area contributed by atoms with Crippen LogP contribution in [0.3, 0.4) is 0 Å². The van der Waals surface area contributed by atoms with Crippen LogP contribution in [0.5, 0.6) is 5.75 Å². The van der Waals surface area contributed by atoms with Crippen molar-refractivity contribution >= 4 is 17.6 Å². The molecule has 0 saturated carbocycles. The predicted octanol–water partition coefficient (Wildman–Crippen LogP) is 2.80. The predicted molar refractivity (Wildman–Crippen MR) is 94.3 cm³/mol. The van der Waals surface area contributed by atoms with Crippen LogP contribution in [-0.2, 0) is 19.1 Å². The third-order valence-corrected chi connectivity index (χ3v) is 3.86. The minimum absolute atomic E-state index is 0.0898. The topological polar surface area (TPSA) is 65.1 Å². The minimum atomic E-state index is -0.635. The summed E-state index contributed by atoms with van der Waals surface area (Å²) in [6.45, 7) is 3.81. The van der Waals surface area contributed by atoms with Crippen LogP contribution >= 0.6 is 0 Å². The maximum atomic E-state index is 12.4. The molecule has 1 heterocycles. The summed E-state index contributed by atoms with van der Waals surface area (Å²) in [6, 6.07) is 3.77. The number of allylic oxidation sites excluding steroid dienone is 2. The molecule has 6 nitrogen and oxygen atoms in total. The Hall–Kier alpha value is -3.02. The first-order chi connectivity index (χ1) is 11.9. The molecule has 1 aromatic rings.